The first-order chi connectivity index (χ1) is 9.96. The molecular weight excluding hydrogens is 330 g/mol. The van der Waals surface area contributed by atoms with Crippen molar-refractivity contribution in [1.29, 1.82) is 0 Å². The van der Waals surface area contributed by atoms with E-state index in [2.05, 4.69) is 48.1 Å². The third kappa shape index (κ3) is 3.37. The van der Waals surface area contributed by atoms with Crippen LogP contribution in [0.15, 0.2) is 16.6 Å². The number of methoxy groups -OCH3 is 2. The average molecular weight is 356 g/mol. The number of benzene rings is 1. The molecule has 2 unspecified atom stereocenters. The molecule has 1 N–H and O–H groups in total. The minimum atomic E-state index is 0.331. The molecule has 0 radical (unpaired) electrons. The molecule has 1 aromatic rings. The topological polar surface area (TPSA) is 30.5 Å². The highest BCUT2D eigenvalue weighted by molar-refractivity contribution is 9.10. The van der Waals surface area contributed by atoms with Crippen LogP contribution < -0.4 is 14.8 Å². The Morgan fingerprint density at radius 3 is 2.48 bits per heavy atom. The fourth-order valence-corrected chi connectivity index (χ4v) is 3.69. The minimum Gasteiger partial charge on any atom is -0.495 e. The molecule has 1 aromatic carbocycles. The Hall–Kier alpha value is -0.740. The molecule has 118 valence electrons. The molecule has 1 saturated carbocycles. The Kier molecular flexibility index (Phi) is 5.20. The summed E-state index contributed by atoms with van der Waals surface area (Å²) in [5, 5.41) is 3.70. The summed E-state index contributed by atoms with van der Waals surface area (Å²) in [5.74, 6) is 2.34. The van der Waals surface area contributed by atoms with Gasteiger partial charge in [-0.25, -0.2) is 0 Å². The first-order valence-electron chi connectivity index (χ1n) is 7.60. The second kappa shape index (κ2) is 6.57. The van der Waals surface area contributed by atoms with Crippen LogP contribution in [-0.2, 0) is 0 Å². The van der Waals surface area contributed by atoms with Crippen molar-refractivity contribution in [2.75, 3.05) is 20.8 Å². The van der Waals surface area contributed by atoms with Crippen LogP contribution in [0.5, 0.6) is 11.5 Å². The first kappa shape index (κ1) is 16.6. The number of rotatable bonds is 7. The summed E-state index contributed by atoms with van der Waals surface area (Å²) >= 11 is 3.61. The summed E-state index contributed by atoms with van der Waals surface area (Å²) in [5.41, 5.74) is 1.62. The predicted octanol–water partition coefficient (Wildman–Crippen LogP) is 4.55. The van der Waals surface area contributed by atoms with E-state index in [9.17, 15) is 0 Å². The van der Waals surface area contributed by atoms with Gasteiger partial charge < -0.3 is 14.8 Å². The van der Waals surface area contributed by atoms with Crippen LogP contribution in [0.3, 0.4) is 0 Å². The molecule has 2 rings (SSSR count). The standard InChI is InChI=1S/C17H26BrNO2/c1-6-9-19-15(12-10-17(12,2)3)11-7-8-13(20-4)14(18)16(11)21-5/h7-8,12,15,19H,6,9-10H2,1-5H3. The lowest BCUT2D eigenvalue weighted by Crippen LogP contribution is -2.26. The molecule has 4 heteroatoms. The molecular formula is C17H26BrNO2. The highest BCUT2D eigenvalue weighted by Gasteiger charge is 2.51. The lowest BCUT2D eigenvalue weighted by molar-refractivity contribution is 0.364. The van der Waals surface area contributed by atoms with E-state index in [0.29, 0.717) is 17.4 Å². The molecule has 1 fully saturated rings. The Morgan fingerprint density at radius 1 is 1.33 bits per heavy atom. The van der Waals surface area contributed by atoms with Crippen LogP contribution in [0.4, 0.5) is 0 Å². The fourth-order valence-electron chi connectivity index (χ4n) is 3.01. The molecule has 0 saturated heterocycles. The van der Waals surface area contributed by atoms with Gasteiger partial charge in [0.25, 0.3) is 0 Å². The van der Waals surface area contributed by atoms with Gasteiger partial charge >= 0.3 is 0 Å². The number of nitrogens with one attached hydrogen (secondary N) is 1. The van der Waals surface area contributed by atoms with Gasteiger partial charge in [-0.15, -0.1) is 0 Å². The lowest BCUT2D eigenvalue weighted by atomic mass is 9.96. The van der Waals surface area contributed by atoms with E-state index < -0.39 is 0 Å². The van der Waals surface area contributed by atoms with Gasteiger partial charge in [0.05, 0.1) is 14.2 Å². The molecule has 3 nitrogen and oxygen atoms in total. The molecule has 1 aliphatic carbocycles. The van der Waals surface area contributed by atoms with Crippen molar-refractivity contribution in [3.05, 3.63) is 22.2 Å². The third-order valence-corrected chi connectivity index (χ3v) is 5.21. The Balaban J connectivity index is 2.37. The van der Waals surface area contributed by atoms with Crippen LogP contribution in [0, 0.1) is 11.3 Å². The van der Waals surface area contributed by atoms with E-state index in [0.717, 1.165) is 28.9 Å². The van der Waals surface area contributed by atoms with Gasteiger partial charge in [0.15, 0.2) is 0 Å². The zero-order valence-corrected chi connectivity index (χ0v) is 15.2. The van der Waals surface area contributed by atoms with E-state index in [-0.39, 0.29) is 0 Å². The predicted molar refractivity (Wildman–Crippen MR) is 90.2 cm³/mol. The monoisotopic (exact) mass is 355 g/mol. The van der Waals surface area contributed by atoms with E-state index in [4.69, 9.17) is 9.47 Å². The molecule has 21 heavy (non-hydrogen) atoms. The van der Waals surface area contributed by atoms with E-state index in [1.165, 1.54) is 12.0 Å². The van der Waals surface area contributed by atoms with Gasteiger partial charge in [-0.05, 0) is 58.8 Å². The summed E-state index contributed by atoms with van der Waals surface area (Å²) in [4.78, 5) is 0. The van der Waals surface area contributed by atoms with Crippen LogP contribution in [0.2, 0.25) is 0 Å². The fraction of sp³-hybridized carbons (Fsp3) is 0.647. The van der Waals surface area contributed by atoms with Crippen LogP contribution in [0.1, 0.15) is 45.2 Å². The zero-order chi connectivity index (χ0) is 15.6. The second-order valence-corrected chi connectivity index (χ2v) is 7.23. The SMILES string of the molecule is CCCNC(c1ccc(OC)c(Br)c1OC)C1CC1(C)C. The van der Waals surface area contributed by atoms with Crippen molar-refractivity contribution in [2.24, 2.45) is 11.3 Å². The normalized spacial score (nSPS) is 21.0. The summed E-state index contributed by atoms with van der Waals surface area (Å²) in [7, 11) is 3.40. The molecule has 0 heterocycles. The lowest BCUT2D eigenvalue weighted by Gasteiger charge is -2.24. The highest BCUT2D eigenvalue weighted by atomic mass is 79.9. The van der Waals surface area contributed by atoms with Crippen molar-refractivity contribution in [2.45, 2.75) is 39.7 Å². The van der Waals surface area contributed by atoms with Crippen molar-refractivity contribution >= 4 is 15.9 Å². The first-order valence-corrected chi connectivity index (χ1v) is 8.39. The van der Waals surface area contributed by atoms with Crippen LogP contribution in [-0.4, -0.2) is 20.8 Å². The quantitative estimate of drug-likeness (QED) is 0.777. The number of ether oxygens (including phenoxy) is 2. The van der Waals surface area contributed by atoms with Gasteiger partial charge in [0.1, 0.15) is 16.0 Å². The molecule has 0 amide bonds. The Morgan fingerprint density at radius 2 is 2.00 bits per heavy atom. The maximum Gasteiger partial charge on any atom is 0.141 e. The number of halogens is 1. The summed E-state index contributed by atoms with van der Waals surface area (Å²) in [6.07, 6.45) is 2.38. The molecule has 1 aliphatic rings. The maximum atomic E-state index is 5.66. The zero-order valence-electron chi connectivity index (χ0n) is 13.6. The maximum absolute atomic E-state index is 5.66. The summed E-state index contributed by atoms with van der Waals surface area (Å²) < 4.78 is 11.9. The Bertz CT molecular complexity index is 502. The van der Waals surface area contributed by atoms with Gasteiger partial charge in [-0.2, -0.15) is 0 Å². The molecule has 0 aliphatic heterocycles. The minimum absolute atomic E-state index is 0.331. The number of hydrogen-bond donors (Lipinski definition) is 1. The molecule has 0 spiro atoms. The van der Waals surface area contributed by atoms with Gasteiger partial charge in [0.2, 0.25) is 0 Å². The Labute approximate surface area is 136 Å². The van der Waals surface area contributed by atoms with E-state index >= 15 is 0 Å². The van der Waals surface area contributed by atoms with E-state index in [1.54, 1.807) is 14.2 Å². The molecule has 2 atom stereocenters. The third-order valence-electron chi connectivity index (χ3n) is 4.46. The van der Waals surface area contributed by atoms with Crippen molar-refractivity contribution < 1.29 is 9.47 Å². The summed E-state index contributed by atoms with van der Waals surface area (Å²) in [6.45, 7) is 7.89. The van der Waals surface area contributed by atoms with Crippen molar-refractivity contribution in [3.63, 3.8) is 0 Å². The van der Waals surface area contributed by atoms with Gasteiger partial charge in [-0.3, -0.25) is 0 Å². The van der Waals surface area contributed by atoms with E-state index in [1.807, 2.05) is 6.07 Å². The van der Waals surface area contributed by atoms with Crippen LogP contribution in [0.25, 0.3) is 0 Å². The molecule has 0 aromatic heterocycles. The van der Waals surface area contributed by atoms with Gasteiger partial charge in [0, 0.05) is 11.6 Å². The van der Waals surface area contributed by atoms with Crippen molar-refractivity contribution in [1.82, 2.24) is 5.32 Å². The van der Waals surface area contributed by atoms with Gasteiger partial charge in [-0.1, -0.05) is 20.8 Å². The average Bonchev–Trinajstić information content (AvgIpc) is 3.08. The molecule has 0 bridgehead atoms. The number of hydrogen-bond acceptors (Lipinski definition) is 3. The van der Waals surface area contributed by atoms with Crippen molar-refractivity contribution in [3.8, 4) is 11.5 Å². The second-order valence-electron chi connectivity index (χ2n) is 6.44. The van der Waals surface area contributed by atoms with Crippen LogP contribution >= 0.6 is 15.9 Å². The summed E-state index contributed by atoms with van der Waals surface area (Å²) in [6, 6.07) is 4.47. The highest BCUT2D eigenvalue weighted by Crippen LogP contribution is 2.59. The smallest absolute Gasteiger partial charge is 0.141 e. The largest absolute Gasteiger partial charge is 0.495 e.